The summed E-state index contributed by atoms with van der Waals surface area (Å²) in [6.07, 6.45) is 0. The predicted molar refractivity (Wildman–Crippen MR) is 96.8 cm³/mol. The minimum atomic E-state index is 0. The number of nitrogens with two attached hydrogens (primary N) is 1. The largest absolute Gasteiger partial charge is 0.398 e. The van der Waals surface area contributed by atoms with E-state index in [0.29, 0.717) is 0 Å². The molecular formula is C20H24N3OU-. The number of rotatable bonds is 3. The van der Waals surface area contributed by atoms with Crippen molar-refractivity contribution in [1.29, 1.82) is 0 Å². The van der Waals surface area contributed by atoms with Gasteiger partial charge in [-0.1, -0.05) is 23.8 Å². The predicted octanol–water partition coefficient (Wildman–Crippen LogP) is 2.90. The van der Waals surface area contributed by atoms with Crippen LogP contribution in [0.1, 0.15) is 34.5 Å². The Kier molecular flexibility index (Phi) is 7.13. The molecule has 25 heavy (non-hydrogen) atoms. The molecule has 1 atom stereocenters. The number of nitrogen functional groups attached to an aromatic ring is 1. The molecule has 130 valence electrons. The zero-order chi connectivity index (χ0) is 17.1. The molecule has 3 rings (SSSR count). The van der Waals surface area contributed by atoms with Crippen LogP contribution in [-0.4, -0.2) is 41.9 Å². The second kappa shape index (κ2) is 8.89. The van der Waals surface area contributed by atoms with E-state index in [0.717, 1.165) is 43.0 Å². The molecule has 0 aliphatic carbocycles. The molecule has 2 aromatic carbocycles. The average Bonchev–Trinajstić information content (AvgIpc) is 2.64. The molecule has 1 heterocycles. The first-order valence-corrected chi connectivity index (χ1v) is 8.42. The molecule has 4 nitrogen and oxygen atoms in total. The van der Waals surface area contributed by atoms with E-state index < -0.39 is 0 Å². The van der Waals surface area contributed by atoms with Crippen LogP contribution in [0.5, 0.6) is 0 Å². The number of hydrogen-bond donors (Lipinski definition) is 1. The standard InChI is InChI=1S/C20H24N3O.U/c1-15-7-6-10-18(19(15)21)16(2)22-11-13-23(14-12-22)20(24)17-8-4-3-5-9-17;/h4-10,16H,11-14,21H2,1-2H3;/q-1;. The van der Waals surface area contributed by atoms with Crippen molar-refractivity contribution in [3.8, 4) is 0 Å². The zero-order valence-electron chi connectivity index (χ0n) is 14.8. The number of nitrogens with zero attached hydrogens (tertiary/aromatic N) is 2. The maximum absolute atomic E-state index is 12.5. The van der Waals surface area contributed by atoms with E-state index in [-0.39, 0.29) is 43.1 Å². The van der Waals surface area contributed by atoms with Crippen LogP contribution >= 0.6 is 0 Å². The van der Waals surface area contributed by atoms with Crippen molar-refractivity contribution >= 4 is 11.6 Å². The van der Waals surface area contributed by atoms with Crippen LogP contribution in [0.25, 0.3) is 0 Å². The smallest absolute Gasteiger partial charge is 0.229 e. The molecule has 1 aliphatic rings. The molecular weight excluding hydrogens is 536 g/mol. The van der Waals surface area contributed by atoms with Crippen molar-refractivity contribution in [2.45, 2.75) is 19.9 Å². The van der Waals surface area contributed by atoms with Gasteiger partial charge in [-0.15, -0.1) is 0 Å². The van der Waals surface area contributed by atoms with Gasteiger partial charge < -0.3 is 10.6 Å². The summed E-state index contributed by atoms with van der Waals surface area (Å²) in [6.45, 7) is 7.44. The van der Waals surface area contributed by atoms with Gasteiger partial charge in [-0.3, -0.25) is 9.69 Å². The molecule has 0 bridgehead atoms. The molecule has 1 fully saturated rings. The number of anilines is 1. The van der Waals surface area contributed by atoms with Gasteiger partial charge in [0.25, 0.3) is 0 Å². The SMILES string of the molecule is Cc1cccc(C(C)N2CCN(C(=O)c3cc[c-]cc3)CC2)c1N.[U]. The maximum atomic E-state index is 12.5. The summed E-state index contributed by atoms with van der Waals surface area (Å²) in [5.41, 5.74) is 10.2. The Labute approximate surface area is 173 Å². The van der Waals surface area contributed by atoms with Crippen LogP contribution in [0.2, 0.25) is 0 Å². The van der Waals surface area contributed by atoms with Crippen LogP contribution in [0.3, 0.4) is 0 Å². The molecule has 0 saturated carbocycles. The molecule has 1 aliphatic heterocycles. The van der Waals surface area contributed by atoms with E-state index >= 15 is 0 Å². The number of aryl methyl sites for hydroxylation is 1. The molecule has 1 unspecified atom stereocenters. The van der Waals surface area contributed by atoms with Gasteiger partial charge in [0.1, 0.15) is 0 Å². The van der Waals surface area contributed by atoms with Gasteiger partial charge in [0, 0.05) is 69.0 Å². The number of piperazine rings is 1. The fraction of sp³-hybridized carbons (Fsp3) is 0.350. The Morgan fingerprint density at radius 2 is 1.76 bits per heavy atom. The minimum absolute atomic E-state index is 0. The molecule has 2 N–H and O–H groups in total. The minimum Gasteiger partial charge on any atom is -0.398 e. The van der Waals surface area contributed by atoms with Gasteiger partial charge in [-0.05, 0) is 25.0 Å². The number of benzene rings is 2. The van der Waals surface area contributed by atoms with Crippen molar-refractivity contribution in [1.82, 2.24) is 9.80 Å². The third-order valence-electron chi connectivity index (χ3n) is 4.92. The summed E-state index contributed by atoms with van der Waals surface area (Å²) in [5.74, 6) is 0.103. The Balaban J connectivity index is 0.00000225. The fourth-order valence-corrected chi connectivity index (χ4v) is 3.29. The Morgan fingerprint density at radius 3 is 2.40 bits per heavy atom. The van der Waals surface area contributed by atoms with E-state index in [1.54, 1.807) is 12.1 Å². The first kappa shape index (κ1) is 20.0. The normalized spacial score (nSPS) is 16.2. The number of para-hydroxylation sites is 1. The summed E-state index contributed by atoms with van der Waals surface area (Å²) in [7, 11) is 0. The van der Waals surface area contributed by atoms with Gasteiger partial charge >= 0.3 is 0 Å². The summed E-state index contributed by atoms with van der Waals surface area (Å²) >= 11 is 0. The van der Waals surface area contributed by atoms with Crippen molar-refractivity contribution in [2.24, 2.45) is 0 Å². The number of hydrogen-bond acceptors (Lipinski definition) is 3. The zero-order valence-corrected chi connectivity index (χ0v) is 19.0. The fourth-order valence-electron chi connectivity index (χ4n) is 3.29. The summed E-state index contributed by atoms with van der Waals surface area (Å²) < 4.78 is 0. The quantitative estimate of drug-likeness (QED) is 0.464. The molecule has 1 saturated heterocycles. The number of amides is 1. The van der Waals surface area contributed by atoms with Crippen LogP contribution in [0.15, 0.2) is 42.5 Å². The number of carbonyl (C=O) groups excluding carboxylic acids is 1. The molecule has 0 spiro atoms. The van der Waals surface area contributed by atoms with Crippen molar-refractivity contribution in [2.75, 3.05) is 31.9 Å². The van der Waals surface area contributed by atoms with Gasteiger partial charge in [0.15, 0.2) is 0 Å². The topological polar surface area (TPSA) is 49.6 Å². The first-order chi connectivity index (χ1) is 11.6. The summed E-state index contributed by atoms with van der Waals surface area (Å²) in [6, 6.07) is 16.6. The van der Waals surface area contributed by atoms with E-state index in [9.17, 15) is 4.79 Å². The van der Waals surface area contributed by atoms with Crippen LogP contribution < -0.4 is 5.73 Å². The van der Waals surface area contributed by atoms with E-state index in [1.165, 1.54) is 5.56 Å². The summed E-state index contributed by atoms with van der Waals surface area (Å²) in [5, 5.41) is 0. The second-order valence-corrected chi connectivity index (χ2v) is 6.37. The molecule has 5 heteroatoms. The first-order valence-electron chi connectivity index (χ1n) is 8.42. The Morgan fingerprint density at radius 1 is 1.12 bits per heavy atom. The third kappa shape index (κ3) is 4.47. The maximum Gasteiger partial charge on any atom is 0.229 e. The van der Waals surface area contributed by atoms with Crippen LogP contribution in [0.4, 0.5) is 5.69 Å². The van der Waals surface area contributed by atoms with Crippen molar-refractivity contribution in [3.05, 3.63) is 65.2 Å². The monoisotopic (exact) mass is 560 g/mol. The molecule has 0 radical (unpaired) electrons. The molecule has 2 aromatic rings. The van der Waals surface area contributed by atoms with Gasteiger partial charge in [-0.2, -0.15) is 30.3 Å². The third-order valence-corrected chi connectivity index (χ3v) is 4.92. The average molecular weight is 560 g/mol. The van der Waals surface area contributed by atoms with E-state index in [1.807, 2.05) is 30.0 Å². The van der Waals surface area contributed by atoms with E-state index in [2.05, 4.69) is 30.0 Å². The summed E-state index contributed by atoms with van der Waals surface area (Å²) in [4.78, 5) is 16.8. The van der Waals surface area contributed by atoms with Gasteiger partial charge in [0.05, 0.1) is 0 Å². The molecule has 0 aromatic heterocycles. The van der Waals surface area contributed by atoms with Gasteiger partial charge in [-0.25, -0.2) is 0 Å². The Bertz CT molecular complexity index is 712. The molecule has 1 amide bonds. The van der Waals surface area contributed by atoms with Gasteiger partial charge in [0.2, 0.25) is 5.91 Å². The van der Waals surface area contributed by atoms with Crippen LogP contribution in [-0.2, 0) is 0 Å². The van der Waals surface area contributed by atoms with Crippen LogP contribution in [0, 0.1) is 44.1 Å². The van der Waals surface area contributed by atoms with Crippen molar-refractivity contribution in [3.63, 3.8) is 0 Å². The number of carbonyl (C=O) groups is 1. The van der Waals surface area contributed by atoms with E-state index in [4.69, 9.17) is 5.73 Å². The Hall–Kier alpha value is -1.28. The second-order valence-electron chi connectivity index (χ2n) is 6.37. The van der Waals surface area contributed by atoms with Crippen molar-refractivity contribution < 1.29 is 35.9 Å².